The van der Waals surface area contributed by atoms with Gasteiger partial charge in [0.2, 0.25) is 5.75 Å². The number of benzene rings is 1. The molecule has 2 aromatic heterocycles. The van der Waals surface area contributed by atoms with Crippen molar-refractivity contribution >= 4 is 5.91 Å². The van der Waals surface area contributed by atoms with E-state index in [4.69, 9.17) is 14.2 Å². The summed E-state index contributed by atoms with van der Waals surface area (Å²) in [5, 5.41) is 11.7. The van der Waals surface area contributed by atoms with E-state index in [-0.39, 0.29) is 5.91 Å². The van der Waals surface area contributed by atoms with Crippen LogP contribution in [0.1, 0.15) is 27.6 Å². The second-order valence-electron chi connectivity index (χ2n) is 7.99. The highest BCUT2D eigenvalue weighted by Crippen LogP contribution is 2.38. The largest absolute Gasteiger partial charge is 0.493 e. The van der Waals surface area contributed by atoms with Gasteiger partial charge in [0, 0.05) is 58.0 Å². The Labute approximate surface area is 198 Å². The fourth-order valence-electron chi connectivity index (χ4n) is 4.14. The molecule has 10 nitrogen and oxygen atoms in total. The number of nitrogens with zero attached hydrogens (tertiary/aromatic N) is 5. The highest BCUT2D eigenvalue weighted by atomic mass is 16.5. The topological polar surface area (TPSA) is 104 Å². The van der Waals surface area contributed by atoms with Crippen molar-refractivity contribution in [2.24, 2.45) is 0 Å². The molecular weight excluding hydrogens is 436 g/mol. The fraction of sp³-hybridized carbons (Fsp3) is 0.417. The van der Waals surface area contributed by atoms with Crippen LogP contribution < -0.4 is 19.5 Å². The Morgan fingerprint density at radius 2 is 1.85 bits per heavy atom. The summed E-state index contributed by atoms with van der Waals surface area (Å²) in [6.07, 6.45) is 4.62. The lowest BCUT2D eigenvalue weighted by molar-refractivity contribution is 0.0953. The Morgan fingerprint density at radius 1 is 1.06 bits per heavy atom. The van der Waals surface area contributed by atoms with Crippen molar-refractivity contribution in [1.82, 2.24) is 30.0 Å². The molecule has 0 aliphatic carbocycles. The average Bonchev–Trinajstić information content (AvgIpc) is 3.15. The number of fused-ring (bicyclic) bond motifs is 1. The van der Waals surface area contributed by atoms with Gasteiger partial charge in [0.15, 0.2) is 11.5 Å². The van der Waals surface area contributed by atoms with Gasteiger partial charge in [-0.2, -0.15) is 0 Å². The van der Waals surface area contributed by atoms with E-state index >= 15 is 0 Å². The van der Waals surface area contributed by atoms with Crippen LogP contribution in [0, 0.1) is 0 Å². The molecule has 1 aromatic carbocycles. The van der Waals surface area contributed by atoms with E-state index in [0.29, 0.717) is 35.8 Å². The van der Waals surface area contributed by atoms with Gasteiger partial charge in [-0.25, -0.2) is 0 Å². The van der Waals surface area contributed by atoms with Gasteiger partial charge in [0.25, 0.3) is 5.91 Å². The molecule has 1 aliphatic heterocycles. The van der Waals surface area contributed by atoms with Crippen LogP contribution in [-0.2, 0) is 25.9 Å². The molecule has 10 heteroatoms. The van der Waals surface area contributed by atoms with Crippen LogP contribution in [0.4, 0.5) is 0 Å². The number of ether oxygens (including phenoxy) is 3. The van der Waals surface area contributed by atoms with Crippen molar-refractivity contribution in [3.05, 3.63) is 59.4 Å². The van der Waals surface area contributed by atoms with E-state index in [0.717, 1.165) is 49.8 Å². The molecule has 0 saturated carbocycles. The first-order chi connectivity index (χ1) is 16.6. The number of pyridine rings is 1. The van der Waals surface area contributed by atoms with Gasteiger partial charge >= 0.3 is 0 Å². The molecule has 180 valence electrons. The molecule has 1 amide bonds. The summed E-state index contributed by atoms with van der Waals surface area (Å²) in [4.78, 5) is 18.6. The quantitative estimate of drug-likeness (QED) is 0.509. The summed E-state index contributed by atoms with van der Waals surface area (Å²) in [5.41, 5.74) is 1.63. The second-order valence-corrected chi connectivity index (χ2v) is 7.99. The molecule has 4 rings (SSSR count). The van der Waals surface area contributed by atoms with E-state index in [2.05, 4.69) is 30.0 Å². The number of hydrogen-bond donors (Lipinski definition) is 1. The zero-order valence-corrected chi connectivity index (χ0v) is 19.8. The maximum Gasteiger partial charge on any atom is 0.252 e. The van der Waals surface area contributed by atoms with Crippen molar-refractivity contribution in [3.63, 3.8) is 0 Å². The summed E-state index contributed by atoms with van der Waals surface area (Å²) < 4.78 is 18.6. The van der Waals surface area contributed by atoms with Gasteiger partial charge in [0.1, 0.15) is 11.6 Å². The Bertz CT molecular complexity index is 1090. The Kier molecular flexibility index (Phi) is 7.58. The third-order valence-corrected chi connectivity index (χ3v) is 5.88. The van der Waals surface area contributed by atoms with Crippen LogP contribution in [0.25, 0.3) is 0 Å². The molecule has 1 N–H and O–H groups in total. The molecule has 1 aliphatic rings. The van der Waals surface area contributed by atoms with Gasteiger partial charge in [-0.3, -0.25) is 14.7 Å². The minimum Gasteiger partial charge on any atom is -0.493 e. The van der Waals surface area contributed by atoms with Crippen LogP contribution in [-0.4, -0.2) is 71.5 Å². The van der Waals surface area contributed by atoms with Gasteiger partial charge < -0.3 is 24.1 Å². The molecule has 0 fully saturated rings. The van der Waals surface area contributed by atoms with Crippen LogP contribution in [0.5, 0.6) is 17.2 Å². The molecule has 0 atom stereocenters. The first-order valence-electron chi connectivity index (χ1n) is 11.2. The van der Waals surface area contributed by atoms with Gasteiger partial charge in [0.05, 0.1) is 26.9 Å². The third kappa shape index (κ3) is 5.28. The lowest BCUT2D eigenvalue weighted by Crippen LogP contribution is -2.28. The number of carbonyl (C=O) groups is 1. The van der Waals surface area contributed by atoms with Crippen LogP contribution in [0.2, 0.25) is 0 Å². The van der Waals surface area contributed by atoms with Crippen molar-refractivity contribution < 1.29 is 19.0 Å². The number of aromatic nitrogens is 4. The molecule has 3 aromatic rings. The number of rotatable bonds is 9. The molecule has 34 heavy (non-hydrogen) atoms. The summed E-state index contributed by atoms with van der Waals surface area (Å²) >= 11 is 0. The van der Waals surface area contributed by atoms with E-state index in [1.807, 2.05) is 12.1 Å². The average molecular weight is 467 g/mol. The third-order valence-electron chi connectivity index (χ3n) is 5.88. The summed E-state index contributed by atoms with van der Waals surface area (Å²) in [5.74, 6) is 3.62. The Hall–Kier alpha value is -3.66. The Morgan fingerprint density at radius 3 is 2.53 bits per heavy atom. The molecule has 0 unspecified atom stereocenters. The molecule has 3 heterocycles. The predicted octanol–water partition coefficient (Wildman–Crippen LogP) is 1.73. The van der Waals surface area contributed by atoms with Gasteiger partial charge in [-0.15, -0.1) is 10.2 Å². The van der Waals surface area contributed by atoms with Crippen molar-refractivity contribution in [2.45, 2.75) is 25.9 Å². The monoisotopic (exact) mass is 466 g/mol. The highest BCUT2D eigenvalue weighted by Gasteiger charge is 2.20. The Balaban J connectivity index is 1.36. The predicted molar refractivity (Wildman–Crippen MR) is 125 cm³/mol. The number of hydrogen-bond acceptors (Lipinski definition) is 8. The molecular formula is C24H30N6O4. The minimum atomic E-state index is -0.139. The fourth-order valence-corrected chi connectivity index (χ4v) is 4.14. The number of methoxy groups -OCH3 is 3. The van der Waals surface area contributed by atoms with E-state index in [9.17, 15) is 4.79 Å². The lowest BCUT2D eigenvalue weighted by atomic mass is 10.1. The number of amides is 1. The van der Waals surface area contributed by atoms with Crippen molar-refractivity contribution in [2.75, 3.05) is 41.0 Å². The second kappa shape index (κ2) is 11.0. The summed E-state index contributed by atoms with van der Waals surface area (Å²) in [6, 6.07) is 7.47. The normalized spacial score (nSPS) is 13.6. The lowest BCUT2D eigenvalue weighted by Gasteiger charge is -2.21. The molecule has 0 spiro atoms. The molecule has 0 radical (unpaired) electrons. The zero-order chi connectivity index (χ0) is 23.9. The van der Waals surface area contributed by atoms with E-state index in [1.54, 1.807) is 45.9 Å². The van der Waals surface area contributed by atoms with Crippen LogP contribution in [0.3, 0.4) is 0 Å². The summed E-state index contributed by atoms with van der Waals surface area (Å²) in [6.45, 7) is 3.76. The first kappa shape index (κ1) is 23.5. The van der Waals surface area contributed by atoms with Crippen LogP contribution >= 0.6 is 0 Å². The highest BCUT2D eigenvalue weighted by molar-refractivity contribution is 5.93. The van der Waals surface area contributed by atoms with E-state index < -0.39 is 0 Å². The maximum atomic E-state index is 12.2. The van der Waals surface area contributed by atoms with Crippen LogP contribution in [0.15, 0.2) is 36.7 Å². The molecule has 0 bridgehead atoms. The number of nitrogens with one attached hydrogen (secondary N) is 1. The zero-order valence-electron chi connectivity index (χ0n) is 19.8. The smallest absolute Gasteiger partial charge is 0.252 e. The number of carbonyl (C=O) groups excluding carboxylic acids is 1. The SMILES string of the molecule is COc1cc(CN2CCc3nnc(CCNC(=O)c4cccnc4)n3CC2)cc(OC)c1OC. The standard InChI is InChI=1S/C24H30N6O4/c1-32-19-13-17(14-20(33-2)23(19)34-3)16-29-10-7-22-28-27-21(30(22)12-11-29)6-9-26-24(31)18-5-4-8-25-15-18/h4-5,8,13-15H,6-7,9-12,16H2,1-3H3,(H,26,31). The summed E-state index contributed by atoms with van der Waals surface area (Å²) in [7, 11) is 4.85. The van der Waals surface area contributed by atoms with Gasteiger partial charge in [-0.05, 0) is 29.8 Å². The molecule has 0 saturated heterocycles. The maximum absolute atomic E-state index is 12.2. The minimum absolute atomic E-state index is 0.139. The van der Waals surface area contributed by atoms with Gasteiger partial charge in [-0.1, -0.05) is 0 Å². The van der Waals surface area contributed by atoms with E-state index in [1.165, 1.54) is 0 Å². The first-order valence-corrected chi connectivity index (χ1v) is 11.2. The van der Waals surface area contributed by atoms with Crippen molar-refractivity contribution in [3.8, 4) is 17.2 Å². The van der Waals surface area contributed by atoms with Crippen molar-refractivity contribution in [1.29, 1.82) is 0 Å².